The van der Waals surface area contributed by atoms with Gasteiger partial charge in [0.15, 0.2) is 0 Å². The van der Waals surface area contributed by atoms with Crippen LogP contribution in [0.15, 0.2) is 78.9 Å². The van der Waals surface area contributed by atoms with Crippen molar-refractivity contribution >= 4 is 21.6 Å². The molecule has 1 N–H and O–H groups in total. The van der Waals surface area contributed by atoms with E-state index < -0.39 is 0 Å². The molecule has 0 spiro atoms. The molecule has 0 saturated carbocycles. The number of para-hydroxylation sites is 1. The van der Waals surface area contributed by atoms with E-state index in [0.717, 1.165) is 27.2 Å². The molecule has 0 fully saturated rings. The van der Waals surface area contributed by atoms with Gasteiger partial charge in [0, 0.05) is 0 Å². The lowest BCUT2D eigenvalue weighted by molar-refractivity contribution is 0.282. The first-order valence-corrected chi connectivity index (χ1v) is 9.99. The summed E-state index contributed by atoms with van der Waals surface area (Å²) >= 11 is 1.60. The molecule has 0 bridgehead atoms. The fourth-order valence-corrected chi connectivity index (χ4v) is 3.69. The van der Waals surface area contributed by atoms with Crippen molar-refractivity contribution in [3.63, 3.8) is 0 Å². The van der Waals surface area contributed by atoms with Gasteiger partial charge >= 0.3 is 0 Å². The average molecular weight is 387 g/mol. The monoisotopic (exact) mass is 386 g/mol. The molecule has 0 aliphatic heterocycles. The van der Waals surface area contributed by atoms with E-state index in [0.29, 0.717) is 0 Å². The maximum Gasteiger partial charge on any atom is 0.111 e. The zero-order valence-electron chi connectivity index (χ0n) is 15.7. The van der Waals surface area contributed by atoms with Crippen LogP contribution in [0.25, 0.3) is 10.2 Å². The van der Waals surface area contributed by atoms with Gasteiger partial charge in [0.05, 0.1) is 28.8 Å². The van der Waals surface area contributed by atoms with Crippen LogP contribution in [0.1, 0.15) is 34.5 Å². The fraction of sp³-hybridized carbons (Fsp3) is 0.167. The Kier molecular flexibility index (Phi) is 6.91. The van der Waals surface area contributed by atoms with E-state index in [-0.39, 0.29) is 12.5 Å². The van der Waals surface area contributed by atoms with Crippen LogP contribution in [-0.2, 0) is 13.0 Å². The SMILES string of the molecule is CC(C#N)c1nc2ccccc2s1.OCc1ccc(Cc2ccccc2)cc1. The van der Waals surface area contributed by atoms with Crippen molar-refractivity contribution in [3.8, 4) is 6.07 Å². The molecule has 140 valence electrons. The number of nitrogens with zero attached hydrogens (tertiary/aromatic N) is 2. The van der Waals surface area contributed by atoms with Gasteiger partial charge in [-0.15, -0.1) is 11.3 Å². The zero-order valence-corrected chi connectivity index (χ0v) is 16.6. The Hall–Kier alpha value is -3.00. The van der Waals surface area contributed by atoms with Gasteiger partial charge in [-0.25, -0.2) is 4.98 Å². The van der Waals surface area contributed by atoms with Crippen molar-refractivity contribution in [2.75, 3.05) is 0 Å². The van der Waals surface area contributed by atoms with Gasteiger partial charge in [0.2, 0.25) is 0 Å². The summed E-state index contributed by atoms with van der Waals surface area (Å²) < 4.78 is 1.15. The van der Waals surface area contributed by atoms with Crippen molar-refractivity contribution in [2.45, 2.75) is 25.9 Å². The lowest BCUT2D eigenvalue weighted by Crippen LogP contribution is -1.89. The first-order chi connectivity index (χ1) is 13.7. The molecular formula is C24H22N2OS. The molecule has 0 aliphatic carbocycles. The van der Waals surface area contributed by atoms with E-state index in [4.69, 9.17) is 10.4 Å². The number of hydrogen-bond donors (Lipinski definition) is 1. The van der Waals surface area contributed by atoms with Crippen LogP contribution in [0.5, 0.6) is 0 Å². The van der Waals surface area contributed by atoms with Gasteiger partial charge < -0.3 is 5.11 Å². The number of aliphatic hydroxyl groups is 1. The minimum Gasteiger partial charge on any atom is -0.392 e. The number of rotatable bonds is 4. The molecule has 1 unspecified atom stereocenters. The van der Waals surface area contributed by atoms with Crippen molar-refractivity contribution in [3.05, 3.63) is 101 Å². The predicted molar refractivity (Wildman–Crippen MR) is 115 cm³/mol. The smallest absolute Gasteiger partial charge is 0.111 e. The van der Waals surface area contributed by atoms with Gasteiger partial charge in [-0.3, -0.25) is 0 Å². The van der Waals surface area contributed by atoms with Crippen LogP contribution in [0.4, 0.5) is 0 Å². The van der Waals surface area contributed by atoms with Gasteiger partial charge in [-0.1, -0.05) is 66.7 Å². The molecule has 3 aromatic carbocycles. The van der Waals surface area contributed by atoms with Gasteiger partial charge in [0.1, 0.15) is 5.01 Å². The van der Waals surface area contributed by atoms with Crippen molar-refractivity contribution < 1.29 is 5.11 Å². The quantitative estimate of drug-likeness (QED) is 0.490. The Bertz CT molecular complexity index is 1020. The number of thiazole rings is 1. The normalized spacial score (nSPS) is 11.3. The third kappa shape index (κ3) is 5.26. The number of benzene rings is 3. The summed E-state index contributed by atoms with van der Waals surface area (Å²) in [5, 5.41) is 18.6. The van der Waals surface area contributed by atoms with E-state index in [1.165, 1.54) is 11.1 Å². The summed E-state index contributed by atoms with van der Waals surface area (Å²) in [5.74, 6) is -0.0996. The van der Waals surface area contributed by atoms with Crippen LogP contribution >= 0.6 is 11.3 Å². The summed E-state index contributed by atoms with van der Waals surface area (Å²) in [5.41, 5.74) is 4.55. The molecule has 1 atom stereocenters. The van der Waals surface area contributed by atoms with Gasteiger partial charge in [-0.05, 0) is 42.2 Å². The molecule has 0 aliphatic rings. The maximum absolute atomic E-state index is 8.92. The molecule has 28 heavy (non-hydrogen) atoms. The predicted octanol–water partition coefficient (Wildman–Crippen LogP) is 5.69. The highest BCUT2D eigenvalue weighted by Gasteiger charge is 2.09. The zero-order chi connectivity index (χ0) is 19.8. The second kappa shape index (κ2) is 9.80. The van der Waals surface area contributed by atoms with Crippen LogP contribution in [0, 0.1) is 11.3 Å². The molecule has 0 amide bonds. The molecule has 4 rings (SSSR count). The number of aromatic nitrogens is 1. The summed E-state index contributed by atoms with van der Waals surface area (Å²) in [6, 6.07) is 28.6. The number of hydrogen-bond acceptors (Lipinski definition) is 4. The van der Waals surface area contributed by atoms with Crippen molar-refractivity contribution in [1.29, 1.82) is 5.26 Å². The van der Waals surface area contributed by atoms with E-state index in [1.54, 1.807) is 11.3 Å². The van der Waals surface area contributed by atoms with Crippen LogP contribution < -0.4 is 0 Å². The topological polar surface area (TPSA) is 56.9 Å². The van der Waals surface area contributed by atoms with Gasteiger partial charge in [0.25, 0.3) is 0 Å². The largest absolute Gasteiger partial charge is 0.392 e. The highest BCUT2D eigenvalue weighted by atomic mass is 32.1. The maximum atomic E-state index is 8.92. The summed E-state index contributed by atoms with van der Waals surface area (Å²) in [6.07, 6.45) is 0.951. The number of fused-ring (bicyclic) bond motifs is 1. The van der Waals surface area contributed by atoms with E-state index in [1.807, 2.05) is 49.4 Å². The second-order valence-corrected chi connectivity index (χ2v) is 7.57. The molecular weight excluding hydrogens is 364 g/mol. The number of nitriles is 1. The minimum atomic E-state index is -0.0996. The Labute approximate surface area is 169 Å². The Morgan fingerprint density at radius 2 is 1.50 bits per heavy atom. The van der Waals surface area contributed by atoms with E-state index in [9.17, 15) is 0 Å². The third-order valence-corrected chi connectivity index (χ3v) is 5.55. The second-order valence-electron chi connectivity index (χ2n) is 6.51. The first-order valence-electron chi connectivity index (χ1n) is 9.17. The highest BCUT2D eigenvalue weighted by molar-refractivity contribution is 7.18. The average Bonchev–Trinajstić information content (AvgIpc) is 3.19. The van der Waals surface area contributed by atoms with E-state index in [2.05, 4.69) is 47.5 Å². The highest BCUT2D eigenvalue weighted by Crippen LogP contribution is 2.26. The van der Waals surface area contributed by atoms with Crippen LogP contribution in [0.3, 0.4) is 0 Å². The van der Waals surface area contributed by atoms with Crippen molar-refractivity contribution in [2.24, 2.45) is 0 Å². The third-order valence-electron chi connectivity index (χ3n) is 4.33. The Morgan fingerprint density at radius 3 is 2.14 bits per heavy atom. The van der Waals surface area contributed by atoms with Crippen LogP contribution in [0.2, 0.25) is 0 Å². The number of aliphatic hydroxyl groups excluding tert-OH is 1. The molecule has 0 saturated heterocycles. The molecule has 3 nitrogen and oxygen atoms in total. The first kappa shape index (κ1) is 19.8. The molecule has 4 heteroatoms. The van der Waals surface area contributed by atoms with Crippen LogP contribution in [-0.4, -0.2) is 10.1 Å². The molecule has 1 heterocycles. The van der Waals surface area contributed by atoms with E-state index >= 15 is 0 Å². The molecule has 4 aromatic rings. The minimum absolute atomic E-state index is 0.0996. The van der Waals surface area contributed by atoms with Crippen molar-refractivity contribution in [1.82, 2.24) is 4.98 Å². The fourth-order valence-electron chi connectivity index (χ4n) is 2.72. The Balaban J connectivity index is 0.000000162. The van der Waals surface area contributed by atoms with Gasteiger partial charge in [-0.2, -0.15) is 5.26 Å². The standard InChI is InChI=1S/C14H14O.C10H8N2S/c15-11-14-8-6-13(7-9-14)10-12-4-2-1-3-5-12;1-7(6-11)10-12-8-4-2-3-5-9(8)13-10/h1-9,15H,10-11H2;2-5,7H,1H3. The Morgan fingerprint density at radius 1 is 0.893 bits per heavy atom. The summed E-state index contributed by atoms with van der Waals surface area (Å²) in [7, 11) is 0. The molecule has 1 aromatic heterocycles. The summed E-state index contributed by atoms with van der Waals surface area (Å²) in [4.78, 5) is 4.38. The lowest BCUT2D eigenvalue weighted by atomic mass is 10.0. The summed E-state index contributed by atoms with van der Waals surface area (Å²) in [6.45, 7) is 1.99. The molecule has 0 radical (unpaired) electrons. The lowest BCUT2D eigenvalue weighted by Gasteiger charge is -2.02.